The average molecular weight is 1720 g/mol. The molecule has 0 aliphatic rings. The molecule has 0 saturated heterocycles. The first-order valence-corrected chi connectivity index (χ1v) is 46.1. The summed E-state index contributed by atoms with van der Waals surface area (Å²) in [5.74, 6) is 1.44. The van der Waals surface area contributed by atoms with Gasteiger partial charge in [0.25, 0.3) is 0 Å². The zero-order valence-corrected chi connectivity index (χ0v) is 81.5. The average Bonchev–Trinajstić information content (AvgIpc) is 0.825. The Kier molecular flexibility index (Phi) is 38.2. The molecule has 668 valence electrons. The van der Waals surface area contributed by atoms with Crippen LogP contribution in [-0.4, -0.2) is 6.18 Å². The zero-order valence-electron chi connectivity index (χ0n) is 81.5. The van der Waals surface area contributed by atoms with Crippen molar-refractivity contribution in [1.82, 2.24) is 0 Å². The number of hydrogen-bond acceptors (Lipinski definition) is 0. The largest absolute Gasteiger partial charge is 0.394 e. The SMILES string of the molecule is Cc1ccc(-c2ccc(C)c(C)c2)cc1.Cc1ccc(-c2ccc(C)cc2)cc1.Cc1ccc(-c2ccc(CC(C)(C)C(F)(F)F)cc2)cc1.Cc1ccc(-c2ccc(CC(C)(C)C)cc2)cc1.Cc1ccc(-c2ccc(CC(C)C)cc2)cc1.Cc1ccc(-c2ccc(CC(C)C)cc2)cc1C.Cc1ccc(-c2ccccc2)cc1.Cc1ccc(-c2ccccc2)cc1C. The second-order valence-electron chi connectivity index (χ2n) is 38.0. The molecule has 3 heteroatoms. The van der Waals surface area contributed by atoms with Gasteiger partial charge in [-0.3, -0.25) is 0 Å². The fraction of sp³-hybridized carbons (Fsp3) is 0.244. The van der Waals surface area contributed by atoms with Crippen LogP contribution < -0.4 is 0 Å². The van der Waals surface area contributed by atoms with Crippen LogP contribution >= 0.6 is 0 Å². The lowest BCUT2D eigenvalue weighted by Crippen LogP contribution is -2.34. The molecule has 16 rings (SSSR count). The molecule has 130 heavy (non-hydrogen) atoms. The standard InChI is InChI=1S/C18H19F3.2C18H22.C17H20.C15H16.2C14H14.C13H12/c1-13-4-8-15(9-5-13)16-10-6-14(7-11-16)12-17(2,3)18(19,20)21;1-14-5-9-16(10-6-14)17-11-7-15(8-12-17)13-18(2,3)4;1-13(2)11-16-6-9-17(10-7-16)18-8-5-14(3)15(4)12-18;1-13(2)12-15-6-10-17(11-7-15)16-8-4-14(3)5-9-16;1-11-4-7-14(8-5-11)15-9-6-12(2)13(3)10-15;1-11-3-7-13(8-4-11)14-9-5-12(2)6-10-14;1-11-8-9-14(10-12(11)2)13-6-4-3-5-7-13;1-11-7-9-13(10-8-11)12-5-3-2-4-6-12/h4-11H,12H2,1-3H3;5-12H,13H2,1-4H3;5-10,12-13H,11H2,1-4H3;4-11,13H,12H2,1-3H3;4-10H,1-3H3;2*3-10H,1-2H3;2-10H,1H3. The van der Waals surface area contributed by atoms with E-state index >= 15 is 0 Å². The van der Waals surface area contributed by atoms with E-state index < -0.39 is 11.6 Å². The molecule has 0 saturated carbocycles. The van der Waals surface area contributed by atoms with E-state index in [9.17, 15) is 13.2 Å². The third-order valence-electron chi connectivity index (χ3n) is 23.3. The van der Waals surface area contributed by atoms with Crippen molar-refractivity contribution >= 4 is 0 Å². The van der Waals surface area contributed by atoms with Gasteiger partial charge in [0.1, 0.15) is 0 Å². The van der Waals surface area contributed by atoms with Crippen LogP contribution in [0.25, 0.3) is 89.0 Å². The van der Waals surface area contributed by atoms with Crippen molar-refractivity contribution in [3.63, 3.8) is 0 Å². The summed E-state index contributed by atoms with van der Waals surface area (Å²) in [6.45, 7) is 46.0. The monoisotopic (exact) mass is 1720 g/mol. The van der Waals surface area contributed by atoms with E-state index in [1.807, 2.05) is 55.5 Å². The first-order valence-electron chi connectivity index (χ1n) is 46.1. The zero-order chi connectivity index (χ0) is 94.1. The van der Waals surface area contributed by atoms with Crippen LogP contribution in [0.5, 0.6) is 0 Å². The van der Waals surface area contributed by atoms with Crippen LogP contribution in [0.15, 0.2) is 382 Å². The van der Waals surface area contributed by atoms with Gasteiger partial charge in [-0.1, -0.05) is 483 Å². The van der Waals surface area contributed by atoms with Crippen LogP contribution in [-0.2, 0) is 25.7 Å². The highest BCUT2D eigenvalue weighted by Crippen LogP contribution is 2.41. The van der Waals surface area contributed by atoms with Crippen LogP contribution in [0.3, 0.4) is 0 Å². The van der Waals surface area contributed by atoms with Gasteiger partial charge in [-0.15, -0.1) is 0 Å². The van der Waals surface area contributed by atoms with Crippen LogP contribution in [0.2, 0.25) is 0 Å². The molecule has 0 fully saturated rings. The third-order valence-corrected chi connectivity index (χ3v) is 23.3. The Morgan fingerprint density at radius 2 is 0.354 bits per heavy atom. The second kappa shape index (κ2) is 49.2. The summed E-state index contributed by atoms with van der Waals surface area (Å²) in [4.78, 5) is 0. The van der Waals surface area contributed by atoms with Crippen molar-refractivity contribution in [3.8, 4) is 89.0 Å². The maximum atomic E-state index is 12.9. The molecule has 0 amide bonds. The summed E-state index contributed by atoms with van der Waals surface area (Å²) in [5.41, 5.74) is 41.0. The van der Waals surface area contributed by atoms with Gasteiger partial charge in [0.2, 0.25) is 0 Å². The molecule has 0 N–H and O–H groups in total. The lowest BCUT2D eigenvalue weighted by atomic mass is 9.85. The molecular formula is C127H139F3. The molecule has 0 radical (unpaired) electrons. The van der Waals surface area contributed by atoms with E-state index in [-0.39, 0.29) is 6.42 Å². The highest BCUT2D eigenvalue weighted by molar-refractivity contribution is 5.71. The molecule has 0 aliphatic carbocycles. The minimum absolute atomic E-state index is 0.00925. The van der Waals surface area contributed by atoms with Crippen molar-refractivity contribution in [2.24, 2.45) is 22.7 Å². The highest BCUT2D eigenvalue weighted by atomic mass is 19.4. The Balaban J connectivity index is 0.000000168. The summed E-state index contributed by atoms with van der Waals surface area (Å²) in [7, 11) is 0. The van der Waals surface area contributed by atoms with Crippen molar-refractivity contribution in [2.45, 2.75) is 184 Å². The Bertz CT molecular complexity index is 5970. The Morgan fingerprint density at radius 1 is 0.185 bits per heavy atom. The van der Waals surface area contributed by atoms with Gasteiger partial charge >= 0.3 is 6.18 Å². The van der Waals surface area contributed by atoms with Gasteiger partial charge in [-0.25, -0.2) is 0 Å². The lowest BCUT2D eigenvalue weighted by Gasteiger charge is -2.27. The summed E-state index contributed by atoms with van der Waals surface area (Å²) in [6.07, 6.45) is -0.754. The van der Waals surface area contributed by atoms with E-state index in [1.54, 1.807) is 12.1 Å². The summed E-state index contributed by atoms with van der Waals surface area (Å²) < 4.78 is 38.7. The van der Waals surface area contributed by atoms with E-state index in [4.69, 9.17) is 0 Å². The number of hydrogen-bond donors (Lipinski definition) is 0. The number of halogens is 3. The molecule has 0 heterocycles. The molecular weight excluding hydrogens is 1580 g/mol. The number of aryl methyl sites for hydroxylation is 13. The Hall–Kier alpha value is -12.7. The van der Waals surface area contributed by atoms with Crippen LogP contribution in [0.4, 0.5) is 13.2 Å². The van der Waals surface area contributed by atoms with Crippen LogP contribution in [0, 0.1) is 113 Å². The van der Waals surface area contributed by atoms with E-state index in [0.717, 1.165) is 42.2 Å². The summed E-state index contributed by atoms with van der Waals surface area (Å²) in [6, 6.07) is 135. The molecule has 0 aliphatic heterocycles. The van der Waals surface area contributed by atoms with Gasteiger partial charge < -0.3 is 0 Å². The first-order chi connectivity index (χ1) is 61.9. The van der Waals surface area contributed by atoms with E-state index in [0.29, 0.717) is 11.0 Å². The van der Waals surface area contributed by atoms with E-state index in [1.165, 1.54) is 181 Å². The van der Waals surface area contributed by atoms with Crippen molar-refractivity contribution in [3.05, 3.63) is 477 Å². The second-order valence-corrected chi connectivity index (χ2v) is 38.0. The van der Waals surface area contributed by atoms with Gasteiger partial charge in [0.05, 0.1) is 5.41 Å². The van der Waals surface area contributed by atoms with Gasteiger partial charge in [-0.2, -0.15) is 13.2 Å². The molecule has 0 unspecified atom stereocenters. The number of rotatable bonds is 15. The normalized spacial score (nSPS) is 10.9. The molecule has 16 aromatic rings. The Labute approximate surface area is 780 Å². The number of alkyl halides is 3. The van der Waals surface area contributed by atoms with Gasteiger partial charge in [-0.05, 0) is 278 Å². The third kappa shape index (κ3) is 33.7. The molecule has 16 aromatic carbocycles. The predicted molar refractivity (Wildman–Crippen MR) is 560 cm³/mol. The molecule has 0 aromatic heterocycles. The molecule has 0 spiro atoms. The maximum absolute atomic E-state index is 12.9. The smallest absolute Gasteiger partial charge is 0.171 e. The van der Waals surface area contributed by atoms with Crippen molar-refractivity contribution < 1.29 is 13.2 Å². The topological polar surface area (TPSA) is 0 Å². The maximum Gasteiger partial charge on any atom is 0.394 e. The minimum Gasteiger partial charge on any atom is -0.171 e. The molecule has 0 atom stereocenters. The fourth-order valence-corrected chi connectivity index (χ4v) is 14.7. The van der Waals surface area contributed by atoms with Crippen LogP contribution in [0.1, 0.15) is 157 Å². The quantitative estimate of drug-likeness (QED) is 0.0960. The summed E-state index contributed by atoms with van der Waals surface area (Å²) >= 11 is 0. The minimum atomic E-state index is -4.19. The van der Waals surface area contributed by atoms with Crippen molar-refractivity contribution in [2.75, 3.05) is 0 Å². The molecule has 0 nitrogen and oxygen atoms in total. The van der Waals surface area contributed by atoms with Crippen molar-refractivity contribution in [1.29, 1.82) is 0 Å². The van der Waals surface area contributed by atoms with E-state index in [2.05, 4.69) is 453 Å². The highest BCUT2D eigenvalue weighted by Gasteiger charge is 2.47. The Morgan fingerprint density at radius 3 is 0.546 bits per heavy atom. The summed E-state index contributed by atoms with van der Waals surface area (Å²) in [5, 5.41) is 0. The fourth-order valence-electron chi connectivity index (χ4n) is 14.7. The van der Waals surface area contributed by atoms with Gasteiger partial charge in [0.15, 0.2) is 0 Å². The predicted octanol–water partition coefficient (Wildman–Crippen LogP) is 37.0. The first kappa shape index (κ1) is 101. The lowest BCUT2D eigenvalue weighted by molar-refractivity contribution is -0.211. The van der Waals surface area contributed by atoms with Gasteiger partial charge in [0, 0.05) is 0 Å². The molecule has 0 bridgehead atoms. The number of benzene rings is 16.